The molecule has 0 atom stereocenters. The number of aromatic nitrogens is 2. The fourth-order valence-electron chi connectivity index (χ4n) is 4.36. The van der Waals surface area contributed by atoms with Crippen LogP contribution in [0, 0.1) is 6.92 Å². The molecule has 0 unspecified atom stereocenters. The van der Waals surface area contributed by atoms with Crippen molar-refractivity contribution >= 4 is 17.8 Å². The highest BCUT2D eigenvalue weighted by molar-refractivity contribution is 6.07. The monoisotopic (exact) mass is 409 g/mol. The number of urea groups is 1. The molecule has 1 spiro atoms. The first-order chi connectivity index (χ1) is 14.5. The topological polar surface area (TPSA) is 78.9 Å². The quantitative estimate of drug-likeness (QED) is 0.681. The van der Waals surface area contributed by atoms with Crippen LogP contribution in [0.15, 0.2) is 42.6 Å². The van der Waals surface area contributed by atoms with Gasteiger partial charge in [-0.25, -0.2) is 14.8 Å². The number of anilines is 1. The highest BCUT2D eigenvalue weighted by atomic mass is 16.5. The van der Waals surface area contributed by atoms with Gasteiger partial charge in [0.05, 0.1) is 13.2 Å². The molecule has 0 N–H and O–H groups in total. The van der Waals surface area contributed by atoms with Gasteiger partial charge in [0, 0.05) is 32.9 Å². The summed E-state index contributed by atoms with van der Waals surface area (Å²) in [5, 5.41) is 0. The average molecular weight is 409 g/mol. The molecule has 1 aromatic carbocycles. The number of benzene rings is 1. The molecule has 2 aliphatic rings. The third-order valence-electron chi connectivity index (χ3n) is 6.00. The number of rotatable bonds is 6. The van der Waals surface area contributed by atoms with Gasteiger partial charge in [0.15, 0.2) is 0 Å². The van der Waals surface area contributed by atoms with Crippen LogP contribution in [-0.2, 0) is 16.1 Å². The minimum atomic E-state index is -0.820. The summed E-state index contributed by atoms with van der Waals surface area (Å²) in [6.07, 6.45) is 2.88. The Bertz CT molecular complexity index is 912. The molecule has 2 aliphatic heterocycles. The largest absolute Gasteiger partial charge is 0.383 e. The lowest BCUT2D eigenvalue weighted by atomic mass is 9.85. The Morgan fingerprint density at radius 3 is 2.50 bits per heavy atom. The molecule has 2 fully saturated rings. The van der Waals surface area contributed by atoms with Crippen LogP contribution in [0.2, 0.25) is 0 Å². The lowest BCUT2D eigenvalue weighted by Gasteiger charge is -2.42. The Morgan fingerprint density at radius 1 is 1.10 bits per heavy atom. The van der Waals surface area contributed by atoms with E-state index < -0.39 is 5.54 Å². The number of hydrogen-bond donors (Lipinski definition) is 0. The zero-order chi connectivity index (χ0) is 21.1. The van der Waals surface area contributed by atoms with E-state index in [1.807, 2.05) is 43.3 Å². The van der Waals surface area contributed by atoms with Gasteiger partial charge in [-0.2, -0.15) is 0 Å². The number of hydrogen-bond acceptors (Lipinski definition) is 6. The lowest BCUT2D eigenvalue weighted by Crippen LogP contribution is -2.56. The van der Waals surface area contributed by atoms with Gasteiger partial charge in [-0.15, -0.1) is 0 Å². The highest BCUT2D eigenvalue weighted by Crippen LogP contribution is 2.39. The van der Waals surface area contributed by atoms with Crippen molar-refractivity contribution in [2.45, 2.75) is 31.8 Å². The second-order valence-electron chi connectivity index (χ2n) is 7.78. The third kappa shape index (κ3) is 3.63. The molecule has 3 heterocycles. The number of nitrogens with zero attached hydrogens (tertiary/aromatic N) is 5. The van der Waals surface area contributed by atoms with Crippen LogP contribution in [0.5, 0.6) is 0 Å². The van der Waals surface area contributed by atoms with E-state index in [9.17, 15) is 9.59 Å². The van der Waals surface area contributed by atoms with Crippen molar-refractivity contribution in [1.82, 2.24) is 19.8 Å². The van der Waals surface area contributed by atoms with E-state index in [-0.39, 0.29) is 18.5 Å². The van der Waals surface area contributed by atoms with Crippen molar-refractivity contribution in [3.63, 3.8) is 0 Å². The van der Waals surface area contributed by atoms with Crippen molar-refractivity contribution in [3.05, 3.63) is 54.0 Å². The molecule has 3 amide bonds. The van der Waals surface area contributed by atoms with E-state index >= 15 is 0 Å². The summed E-state index contributed by atoms with van der Waals surface area (Å²) in [5.74, 6) is 1.47. The van der Waals surface area contributed by atoms with Crippen molar-refractivity contribution in [2.75, 3.05) is 38.3 Å². The second-order valence-corrected chi connectivity index (χ2v) is 7.78. The van der Waals surface area contributed by atoms with Crippen molar-refractivity contribution < 1.29 is 14.3 Å². The number of ether oxygens (including phenoxy) is 1. The van der Waals surface area contributed by atoms with Crippen LogP contribution in [0.25, 0.3) is 0 Å². The first-order valence-corrected chi connectivity index (χ1v) is 10.3. The van der Waals surface area contributed by atoms with E-state index in [4.69, 9.17) is 4.74 Å². The van der Waals surface area contributed by atoms with Gasteiger partial charge in [-0.1, -0.05) is 30.3 Å². The molecule has 2 aromatic rings. The third-order valence-corrected chi connectivity index (χ3v) is 6.00. The summed E-state index contributed by atoms with van der Waals surface area (Å²) < 4.78 is 5.13. The van der Waals surface area contributed by atoms with Crippen LogP contribution < -0.4 is 4.90 Å². The summed E-state index contributed by atoms with van der Waals surface area (Å²) >= 11 is 0. The van der Waals surface area contributed by atoms with Gasteiger partial charge >= 0.3 is 6.03 Å². The van der Waals surface area contributed by atoms with Crippen molar-refractivity contribution in [3.8, 4) is 0 Å². The number of amides is 3. The van der Waals surface area contributed by atoms with Crippen LogP contribution in [0.3, 0.4) is 0 Å². The van der Waals surface area contributed by atoms with Crippen LogP contribution in [-0.4, -0.2) is 70.6 Å². The molecule has 8 nitrogen and oxygen atoms in total. The second kappa shape index (κ2) is 8.39. The number of methoxy groups -OCH3 is 1. The molecule has 30 heavy (non-hydrogen) atoms. The van der Waals surface area contributed by atoms with Gasteiger partial charge in [0.2, 0.25) is 0 Å². The smallest absolute Gasteiger partial charge is 0.328 e. The predicted molar refractivity (Wildman–Crippen MR) is 112 cm³/mol. The molecule has 0 radical (unpaired) electrons. The molecule has 2 saturated heterocycles. The lowest BCUT2D eigenvalue weighted by molar-refractivity contribution is -0.134. The maximum absolute atomic E-state index is 13.5. The summed E-state index contributed by atoms with van der Waals surface area (Å²) in [6.45, 7) is 4.19. The fourth-order valence-corrected chi connectivity index (χ4v) is 4.36. The minimum absolute atomic E-state index is 0.112. The van der Waals surface area contributed by atoms with E-state index in [0.717, 1.165) is 17.2 Å². The molecule has 158 valence electrons. The Hall–Kier alpha value is -3.00. The summed E-state index contributed by atoms with van der Waals surface area (Å²) in [6, 6.07) is 11.5. The summed E-state index contributed by atoms with van der Waals surface area (Å²) in [4.78, 5) is 40.7. The summed E-state index contributed by atoms with van der Waals surface area (Å²) in [7, 11) is 1.57. The normalized spacial score (nSPS) is 18.5. The van der Waals surface area contributed by atoms with E-state index in [1.165, 1.54) is 4.90 Å². The molecule has 0 saturated carbocycles. The number of carbonyl (C=O) groups is 2. The first-order valence-electron chi connectivity index (χ1n) is 10.3. The standard InChI is InChI=1S/C22H27N5O3/c1-17-23-11-8-19(24-17)25-12-9-22(10-13-25)20(28)26(14-15-30-2)21(29)27(22)16-18-6-4-3-5-7-18/h3-8,11H,9-10,12-16H2,1-2H3. The predicted octanol–water partition coefficient (Wildman–Crippen LogP) is 2.23. The molecule has 8 heteroatoms. The summed E-state index contributed by atoms with van der Waals surface area (Å²) in [5.41, 5.74) is 0.194. The van der Waals surface area contributed by atoms with E-state index in [1.54, 1.807) is 18.2 Å². The van der Waals surface area contributed by atoms with Crippen LogP contribution >= 0.6 is 0 Å². The van der Waals surface area contributed by atoms with Gasteiger partial charge in [-0.05, 0) is 31.4 Å². The highest BCUT2D eigenvalue weighted by Gasteiger charge is 2.57. The maximum atomic E-state index is 13.5. The number of aryl methyl sites for hydroxylation is 1. The zero-order valence-electron chi connectivity index (χ0n) is 17.5. The first kappa shape index (κ1) is 20.3. The fraction of sp³-hybridized carbons (Fsp3) is 0.455. The molecule has 1 aromatic heterocycles. The minimum Gasteiger partial charge on any atom is -0.383 e. The van der Waals surface area contributed by atoms with Gasteiger partial charge in [-0.3, -0.25) is 9.69 Å². The Labute approximate surface area is 176 Å². The number of imide groups is 1. The molecular formula is C22H27N5O3. The maximum Gasteiger partial charge on any atom is 0.328 e. The zero-order valence-corrected chi connectivity index (χ0v) is 17.5. The van der Waals surface area contributed by atoms with Crippen molar-refractivity contribution in [1.29, 1.82) is 0 Å². The van der Waals surface area contributed by atoms with Gasteiger partial charge in [0.1, 0.15) is 17.2 Å². The Kier molecular flexibility index (Phi) is 5.67. The molecule has 0 aliphatic carbocycles. The van der Waals surface area contributed by atoms with E-state index in [0.29, 0.717) is 39.1 Å². The Balaban J connectivity index is 1.59. The van der Waals surface area contributed by atoms with Crippen LogP contribution in [0.1, 0.15) is 24.2 Å². The average Bonchev–Trinajstić information content (AvgIpc) is 2.95. The molecule has 0 bridgehead atoms. The number of piperidine rings is 1. The molecule has 4 rings (SSSR count). The SMILES string of the molecule is COCCN1C(=O)N(Cc2ccccc2)C2(CCN(c3ccnc(C)n3)CC2)C1=O. The number of carbonyl (C=O) groups excluding carboxylic acids is 2. The molecular weight excluding hydrogens is 382 g/mol. The van der Waals surface area contributed by atoms with Crippen LogP contribution in [0.4, 0.5) is 10.6 Å². The van der Waals surface area contributed by atoms with Gasteiger partial charge < -0.3 is 14.5 Å². The van der Waals surface area contributed by atoms with E-state index in [2.05, 4.69) is 14.9 Å². The van der Waals surface area contributed by atoms with Crippen molar-refractivity contribution in [2.24, 2.45) is 0 Å². The Morgan fingerprint density at radius 2 is 1.83 bits per heavy atom. The van der Waals surface area contributed by atoms with Gasteiger partial charge in [0.25, 0.3) is 5.91 Å².